The third kappa shape index (κ3) is 5.12. The quantitative estimate of drug-likeness (QED) is 0.390. The fourth-order valence-corrected chi connectivity index (χ4v) is 3.43. The number of amides is 3. The highest BCUT2D eigenvalue weighted by atomic mass is 16.2. The number of piperidine rings is 1. The standard InChI is InChI=1S/C19H28N6O2/c1-2-20-18(21-10-12-25-17(26)13-22-19(25)27)23-15-7-6-11-24(14-15)16-8-4-3-5-9-16/h3-5,8-9,15H,2,6-7,10-14H2,1H3,(H,22,27)(H2,20,21,23). The highest BCUT2D eigenvalue weighted by Crippen LogP contribution is 2.19. The summed E-state index contributed by atoms with van der Waals surface area (Å²) in [5, 5.41) is 9.27. The first-order chi connectivity index (χ1) is 13.2. The van der Waals surface area contributed by atoms with E-state index in [0.717, 1.165) is 38.4 Å². The van der Waals surface area contributed by atoms with Crippen LogP contribution in [-0.2, 0) is 4.79 Å². The lowest BCUT2D eigenvalue weighted by Crippen LogP contribution is -2.51. The van der Waals surface area contributed by atoms with Crippen molar-refractivity contribution in [1.29, 1.82) is 0 Å². The number of aliphatic imine (C=N–C) groups is 1. The van der Waals surface area contributed by atoms with Crippen LogP contribution < -0.4 is 20.9 Å². The van der Waals surface area contributed by atoms with Crippen molar-refractivity contribution < 1.29 is 9.59 Å². The van der Waals surface area contributed by atoms with Gasteiger partial charge in [-0.25, -0.2) is 4.79 Å². The van der Waals surface area contributed by atoms with Gasteiger partial charge in [0, 0.05) is 31.4 Å². The van der Waals surface area contributed by atoms with Crippen LogP contribution in [0.3, 0.4) is 0 Å². The Labute approximate surface area is 160 Å². The Balaban J connectivity index is 1.55. The van der Waals surface area contributed by atoms with Crippen LogP contribution in [0.4, 0.5) is 10.5 Å². The Morgan fingerprint density at radius 3 is 2.81 bits per heavy atom. The topological polar surface area (TPSA) is 89.1 Å². The second kappa shape index (κ2) is 9.25. The van der Waals surface area contributed by atoms with E-state index in [4.69, 9.17) is 0 Å². The molecule has 0 bridgehead atoms. The Bertz CT molecular complexity index is 662. The van der Waals surface area contributed by atoms with Gasteiger partial charge in [-0.2, -0.15) is 0 Å². The number of carbonyl (C=O) groups excluding carboxylic acids is 2. The molecule has 3 rings (SSSR count). The number of benzene rings is 1. The summed E-state index contributed by atoms with van der Waals surface area (Å²) in [6.45, 7) is 5.50. The van der Waals surface area contributed by atoms with Gasteiger partial charge in [-0.15, -0.1) is 0 Å². The van der Waals surface area contributed by atoms with Crippen molar-refractivity contribution >= 4 is 23.6 Å². The molecule has 1 unspecified atom stereocenters. The van der Waals surface area contributed by atoms with Crippen molar-refractivity contribution in [3.63, 3.8) is 0 Å². The lowest BCUT2D eigenvalue weighted by atomic mass is 10.1. The average molecular weight is 372 g/mol. The number of guanidine groups is 1. The number of para-hydroxylation sites is 1. The van der Waals surface area contributed by atoms with Crippen molar-refractivity contribution in [3.05, 3.63) is 30.3 Å². The molecule has 2 saturated heterocycles. The summed E-state index contributed by atoms with van der Waals surface area (Å²) in [5.41, 5.74) is 1.24. The van der Waals surface area contributed by atoms with Gasteiger partial charge in [-0.05, 0) is 31.9 Å². The van der Waals surface area contributed by atoms with Gasteiger partial charge >= 0.3 is 6.03 Å². The Hall–Kier alpha value is -2.77. The van der Waals surface area contributed by atoms with Gasteiger partial charge in [0.2, 0.25) is 5.91 Å². The van der Waals surface area contributed by atoms with Crippen LogP contribution in [0.2, 0.25) is 0 Å². The Morgan fingerprint density at radius 2 is 2.11 bits per heavy atom. The fourth-order valence-electron chi connectivity index (χ4n) is 3.43. The third-order valence-corrected chi connectivity index (χ3v) is 4.76. The molecule has 1 atom stereocenters. The monoisotopic (exact) mass is 372 g/mol. The van der Waals surface area contributed by atoms with Gasteiger partial charge in [0.05, 0.1) is 19.6 Å². The van der Waals surface area contributed by atoms with Crippen LogP contribution in [0.1, 0.15) is 19.8 Å². The molecule has 8 nitrogen and oxygen atoms in total. The minimum Gasteiger partial charge on any atom is -0.369 e. The van der Waals surface area contributed by atoms with Crippen LogP contribution in [0.15, 0.2) is 35.3 Å². The van der Waals surface area contributed by atoms with Crippen molar-refractivity contribution in [2.75, 3.05) is 44.2 Å². The van der Waals surface area contributed by atoms with E-state index >= 15 is 0 Å². The highest BCUT2D eigenvalue weighted by molar-refractivity contribution is 6.01. The third-order valence-electron chi connectivity index (χ3n) is 4.76. The number of nitrogens with one attached hydrogen (secondary N) is 3. The van der Waals surface area contributed by atoms with E-state index in [1.54, 1.807) is 0 Å². The molecule has 27 heavy (non-hydrogen) atoms. The minimum atomic E-state index is -0.334. The van der Waals surface area contributed by atoms with Crippen LogP contribution in [0.5, 0.6) is 0 Å². The molecule has 2 aliphatic heterocycles. The fraction of sp³-hybridized carbons (Fsp3) is 0.526. The molecular weight excluding hydrogens is 344 g/mol. The first kappa shape index (κ1) is 19.0. The van der Waals surface area contributed by atoms with Crippen molar-refractivity contribution in [2.24, 2.45) is 4.99 Å². The van der Waals surface area contributed by atoms with Gasteiger partial charge in [0.15, 0.2) is 5.96 Å². The van der Waals surface area contributed by atoms with E-state index in [2.05, 4.69) is 50.1 Å². The maximum atomic E-state index is 11.6. The normalized spacial score (nSPS) is 20.6. The zero-order chi connectivity index (χ0) is 19.1. The molecular formula is C19H28N6O2. The van der Waals surface area contributed by atoms with Crippen molar-refractivity contribution in [1.82, 2.24) is 20.9 Å². The van der Waals surface area contributed by atoms with E-state index in [0.29, 0.717) is 19.1 Å². The maximum Gasteiger partial charge on any atom is 0.324 e. The number of imide groups is 1. The maximum absolute atomic E-state index is 11.6. The lowest BCUT2D eigenvalue weighted by Gasteiger charge is -2.35. The van der Waals surface area contributed by atoms with E-state index < -0.39 is 0 Å². The van der Waals surface area contributed by atoms with E-state index in [1.165, 1.54) is 10.6 Å². The summed E-state index contributed by atoms with van der Waals surface area (Å²) < 4.78 is 0. The molecule has 0 saturated carbocycles. The SMILES string of the molecule is CCNC(=NCCN1C(=O)CNC1=O)NC1CCCN(c2ccccc2)C1. The number of rotatable bonds is 6. The number of anilines is 1. The number of urea groups is 1. The molecule has 146 valence electrons. The van der Waals surface area contributed by atoms with E-state index in [1.807, 2.05) is 13.0 Å². The predicted molar refractivity (Wildman–Crippen MR) is 106 cm³/mol. The number of carbonyl (C=O) groups is 2. The van der Waals surface area contributed by atoms with E-state index in [-0.39, 0.29) is 18.5 Å². The molecule has 8 heteroatoms. The van der Waals surface area contributed by atoms with Gasteiger partial charge in [-0.3, -0.25) is 14.7 Å². The second-order valence-electron chi connectivity index (χ2n) is 6.73. The molecule has 0 aromatic heterocycles. The van der Waals surface area contributed by atoms with Crippen molar-refractivity contribution in [2.45, 2.75) is 25.8 Å². The van der Waals surface area contributed by atoms with Gasteiger partial charge in [0.25, 0.3) is 0 Å². The first-order valence-electron chi connectivity index (χ1n) is 9.60. The molecule has 1 aromatic carbocycles. The van der Waals surface area contributed by atoms with Crippen LogP contribution in [-0.4, -0.2) is 68.1 Å². The summed E-state index contributed by atoms with van der Waals surface area (Å²) in [6.07, 6.45) is 2.20. The molecule has 2 aliphatic rings. The lowest BCUT2D eigenvalue weighted by molar-refractivity contribution is -0.124. The van der Waals surface area contributed by atoms with Gasteiger partial charge in [0.1, 0.15) is 0 Å². The highest BCUT2D eigenvalue weighted by Gasteiger charge is 2.27. The summed E-state index contributed by atoms with van der Waals surface area (Å²) in [4.78, 5) is 31.4. The number of hydrogen-bond acceptors (Lipinski definition) is 4. The summed E-state index contributed by atoms with van der Waals surface area (Å²) in [7, 11) is 0. The summed E-state index contributed by atoms with van der Waals surface area (Å²) in [5.74, 6) is 0.531. The molecule has 0 spiro atoms. The largest absolute Gasteiger partial charge is 0.369 e. The smallest absolute Gasteiger partial charge is 0.324 e. The van der Waals surface area contributed by atoms with Crippen LogP contribution in [0.25, 0.3) is 0 Å². The van der Waals surface area contributed by atoms with Gasteiger partial charge < -0.3 is 20.9 Å². The molecule has 3 N–H and O–H groups in total. The van der Waals surface area contributed by atoms with Crippen LogP contribution >= 0.6 is 0 Å². The second-order valence-corrected chi connectivity index (χ2v) is 6.73. The van der Waals surface area contributed by atoms with Crippen molar-refractivity contribution in [3.8, 4) is 0 Å². The number of nitrogens with zero attached hydrogens (tertiary/aromatic N) is 3. The average Bonchev–Trinajstić information content (AvgIpc) is 3.01. The molecule has 2 heterocycles. The zero-order valence-electron chi connectivity index (χ0n) is 15.8. The van der Waals surface area contributed by atoms with Crippen LogP contribution in [0, 0.1) is 0 Å². The molecule has 1 aromatic rings. The Morgan fingerprint density at radius 1 is 1.30 bits per heavy atom. The zero-order valence-corrected chi connectivity index (χ0v) is 15.8. The van der Waals surface area contributed by atoms with E-state index in [9.17, 15) is 9.59 Å². The molecule has 3 amide bonds. The molecule has 0 aliphatic carbocycles. The first-order valence-corrected chi connectivity index (χ1v) is 9.60. The Kier molecular flexibility index (Phi) is 6.51. The predicted octanol–water partition coefficient (Wildman–Crippen LogP) is 0.762. The van der Waals surface area contributed by atoms with Gasteiger partial charge in [-0.1, -0.05) is 18.2 Å². The number of hydrogen-bond donors (Lipinski definition) is 3. The summed E-state index contributed by atoms with van der Waals surface area (Å²) >= 11 is 0. The summed E-state index contributed by atoms with van der Waals surface area (Å²) in [6, 6.07) is 10.4. The molecule has 0 radical (unpaired) electrons. The minimum absolute atomic E-state index is 0.0816. The molecule has 2 fully saturated rings.